The first-order valence-corrected chi connectivity index (χ1v) is 10.5. The predicted octanol–water partition coefficient (Wildman–Crippen LogP) is 5.19. The molecule has 1 heterocycles. The lowest BCUT2D eigenvalue weighted by Crippen LogP contribution is -2.15. The van der Waals surface area contributed by atoms with E-state index >= 15 is 0 Å². The molecule has 3 aromatic rings. The number of para-hydroxylation sites is 1. The Labute approximate surface area is 167 Å². The minimum absolute atomic E-state index is 0.0419. The van der Waals surface area contributed by atoms with E-state index in [1.165, 1.54) is 34.2 Å². The Balaban J connectivity index is 1.54. The van der Waals surface area contributed by atoms with Crippen LogP contribution in [0.5, 0.6) is 0 Å². The van der Waals surface area contributed by atoms with Gasteiger partial charge in [-0.15, -0.1) is 10.2 Å². The van der Waals surface area contributed by atoms with E-state index in [-0.39, 0.29) is 5.91 Å². The van der Waals surface area contributed by atoms with Gasteiger partial charge in [-0.2, -0.15) is 0 Å². The fourth-order valence-electron chi connectivity index (χ4n) is 2.53. The highest BCUT2D eigenvalue weighted by molar-refractivity contribution is 8.01. The average Bonchev–Trinajstić information content (AvgIpc) is 3.11. The summed E-state index contributed by atoms with van der Waals surface area (Å²) in [7, 11) is 0. The molecule has 3 rings (SSSR count). The summed E-state index contributed by atoms with van der Waals surface area (Å²) >= 11 is 2.83. The number of amides is 1. The Morgan fingerprint density at radius 3 is 2.70 bits per heavy atom. The van der Waals surface area contributed by atoms with Gasteiger partial charge in [0.25, 0.3) is 0 Å². The van der Waals surface area contributed by atoms with Crippen LogP contribution in [0.1, 0.15) is 23.6 Å². The normalized spacial score (nSPS) is 10.6. The van der Waals surface area contributed by atoms with Crippen molar-refractivity contribution in [2.75, 3.05) is 16.4 Å². The summed E-state index contributed by atoms with van der Waals surface area (Å²) in [5.41, 5.74) is 5.47. The standard InChI is InChI=1S/C20H22N4OS2/c1-4-15-7-5-6-8-17(15)22-18(25)12-26-20-24-23-19(27-20)21-16-10-9-13(2)14(3)11-16/h5-11H,4,12H2,1-3H3,(H,21,23)(H,22,25). The molecule has 0 saturated carbocycles. The lowest BCUT2D eigenvalue weighted by atomic mass is 10.1. The maximum atomic E-state index is 12.2. The third kappa shape index (κ3) is 5.30. The number of anilines is 3. The second-order valence-electron chi connectivity index (χ2n) is 6.14. The van der Waals surface area contributed by atoms with E-state index in [0.29, 0.717) is 5.75 Å². The van der Waals surface area contributed by atoms with Crippen molar-refractivity contribution in [2.45, 2.75) is 31.5 Å². The number of hydrogen-bond donors (Lipinski definition) is 2. The Morgan fingerprint density at radius 1 is 1.11 bits per heavy atom. The molecule has 0 fully saturated rings. The number of benzene rings is 2. The molecule has 0 bridgehead atoms. The Kier molecular flexibility index (Phi) is 6.47. The van der Waals surface area contributed by atoms with E-state index in [9.17, 15) is 4.79 Å². The average molecular weight is 399 g/mol. The summed E-state index contributed by atoms with van der Waals surface area (Å²) in [6.45, 7) is 6.24. The van der Waals surface area contributed by atoms with Crippen LogP contribution in [0.3, 0.4) is 0 Å². The van der Waals surface area contributed by atoms with Gasteiger partial charge < -0.3 is 10.6 Å². The fourth-order valence-corrected chi connectivity index (χ4v) is 4.10. The van der Waals surface area contributed by atoms with Gasteiger partial charge in [0.2, 0.25) is 11.0 Å². The molecular formula is C20H22N4OS2. The number of aromatic nitrogens is 2. The van der Waals surface area contributed by atoms with Gasteiger partial charge in [-0.05, 0) is 55.2 Å². The largest absolute Gasteiger partial charge is 0.330 e. The fraction of sp³-hybridized carbons (Fsp3) is 0.250. The van der Waals surface area contributed by atoms with E-state index in [1.54, 1.807) is 0 Å². The molecule has 0 radical (unpaired) electrons. The monoisotopic (exact) mass is 398 g/mol. The zero-order valence-electron chi connectivity index (χ0n) is 15.6. The number of carbonyl (C=O) groups is 1. The Morgan fingerprint density at radius 2 is 1.93 bits per heavy atom. The topological polar surface area (TPSA) is 66.9 Å². The Hall–Kier alpha value is -2.38. The second-order valence-corrected chi connectivity index (χ2v) is 8.34. The van der Waals surface area contributed by atoms with E-state index in [4.69, 9.17) is 0 Å². The van der Waals surface area contributed by atoms with Crippen LogP contribution in [0.4, 0.5) is 16.5 Å². The number of nitrogens with zero attached hydrogens (tertiary/aromatic N) is 2. The first-order chi connectivity index (χ1) is 13.0. The maximum absolute atomic E-state index is 12.2. The van der Waals surface area contributed by atoms with Crippen LogP contribution in [0, 0.1) is 13.8 Å². The van der Waals surface area contributed by atoms with Crippen molar-refractivity contribution in [2.24, 2.45) is 0 Å². The van der Waals surface area contributed by atoms with Crippen LogP contribution >= 0.6 is 23.1 Å². The highest BCUT2D eigenvalue weighted by atomic mass is 32.2. The van der Waals surface area contributed by atoms with Crippen molar-refractivity contribution in [3.63, 3.8) is 0 Å². The minimum atomic E-state index is -0.0419. The van der Waals surface area contributed by atoms with E-state index in [0.717, 1.165) is 32.8 Å². The molecule has 140 valence electrons. The van der Waals surface area contributed by atoms with Crippen LogP contribution in [0.2, 0.25) is 0 Å². The third-order valence-corrected chi connectivity index (χ3v) is 6.14. The molecule has 1 aromatic heterocycles. The maximum Gasteiger partial charge on any atom is 0.234 e. The second kappa shape index (κ2) is 9.01. The molecule has 0 saturated heterocycles. The number of aryl methyl sites for hydroxylation is 3. The molecule has 0 spiro atoms. The molecule has 0 aliphatic carbocycles. The predicted molar refractivity (Wildman–Crippen MR) is 114 cm³/mol. The van der Waals surface area contributed by atoms with Crippen molar-refractivity contribution in [3.8, 4) is 0 Å². The summed E-state index contributed by atoms with van der Waals surface area (Å²) in [6, 6.07) is 14.0. The van der Waals surface area contributed by atoms with Crippen molar-refractivity contribution in [1.29, 1.82) is 0 Å². The van der Waals surface area contributed by atoms with Gasteiger partial charge in [-0.3, -0.25) is 4.79 Å². The molecule has 0 unspecified atom stereocenters. The van der Waals surface area contributed by atoms with Gasteiger partial charge in [0.05, 0.1) is 5.75 Å². The van der Waals surface area contributed by atoms with Gasteiger partial charge >= 0.3 is 0 Å². The molecule has 0 atom stereocenters. The smallest absolute Gasteiger partial charge is 0.234 e. The molecule has 0 aliphatic rings. The van der Waals surface area contributed by atoms with Crippen LogP contribution in [0.25, 0.3) is 0 Å². The first kappa shape index (κ1) is 19.4. The van der Waals surface area contributed by atoms with Crippen molar-refractivity contribution in [3.05, 3.63) is 59.2 Å². The van der Waals surface area contributed by atoms with Gasteiger partial charge in [-0.1, -0.05) is 54.3 Å². The highest BCUT2D eigenvalue weighted by Crippen LogP contribution is 2.28. The lowest BCUT2D eigenvalue weighted by Gasteiger charge is -2.08. The van der Waals surface area contributed by atoms with Crippen LogP contribution in [0.15, 0.2) is 46.8 Å². The SMILES string of the molecule is CCc1ccccc1NC(=O)CSc1nnc(Nc2ccc(C)c(C)c2)s1. The number of nitrogens with one attached hydrogen (secondary N) is 2. The summed E-state index contributed by atoms with van der Waals surface area (Å²) in [6.07, 6.45) is 0.882. The highest BCUT2D eigenvalue weighted by Gasteiger charge is 2.10. The summed E-state index contributed by atoms with van der Waals surface area (Å²) in [5.74, 6) is 0.260. The van der Waals surface area contributed by atoms with Crippen molar-refractivity contribution in [1.82, 2.24) is 10.2 Å². The molecule has 2 N–H and O–H groups in total. The zero-order valence-corrected chi connectivity index (χ0v) is 17.2. The molecule has 5 nitrogen and oxygen atoms in total. The third-order valence-electron chi connectivity index (χ3n) is 4.16. The van der Waals surface area contributed by atoms with E-state index in [2.05, 4.69) is 53.7 Å². The zero-order chi connectivity index (χ0) is 19.2. The molecule has 1 amide bonds. The quantitative estimate of drug-likeness (QED) is 0.536. The van der Waals surface area contributed by atoms with E-state index in [1.807, 2.05) is 30.3 Å². The molecule has 0 aliphatic heterocycles. The van der Waals surface area contributed by atoms with Gasteiger partial charge in [0.1, 0.15) is 0 Å². The summed E-state index contributed by atoms with van der Waals surface area (Å²) in [5, 5.41) is 15.3. The van der Waals surface area contributed by atoms with Gasteiger partial charge in [-0.25, -0.2) is 0 Å². The molecule has 27 heavy (non-hydrogen) atoms. The lowest BCUT2D eigenvalue weighted by molar-refractivity contribution is -0.113. The number of hydrogen-bond acceptors (Lipinski definition) is 6. The molecule has 2 aromatic carbocycles. The van der Waals surface area contributed by atoms with Crippen LogP contribution in [-0.2, 0) is 11.2 Å². The van der Waals surface area contributed by atoms with Crippen molar-refractivity contribution >= 4 is 45.5 Å². The minimum Gasteiger partial charge on any atom is -0.330 e. The van der Waals surface area contributed by atoms with Gasteiger partial charge in [0.15, 0.2) is 4.34 Å². The number of rotatable bonds is 7. The van der Waals surface area contributed by atoms with Crippen LogP contribution < -0.4 is 10.6 Å². The number of thioether (sulfide) groups is 1. The molecule has 7 heteroatoms. The molecular weight excluding hydrogens is 376 g/mol. The summed E-state index contributed by atoms with van der Waals surface area (Å²) in [4.78, 5) is 12.2. The number of carbonyl (C=O) groups excluding carboxylic acids is 1. The van der Waals surface area contributed by atoms with Gasteiger partial charge in [0, 0.05) is 11.4 Å². The van der Waals surface area contributed by atoms with Crippen LogP contribution in [-0.4, -0.2) is 21.9 Å². The van der Waals surface area contributed by atoms with Crippen molar-refractivity contribution < 1.29 is 4.79 Å². The first-order valence-electron chi connectivity index (χ1n) is 8.73. The summed E-state index contributed by atoms with van der Waals surface area (Å²) < 4.78 is 0.764. The Bertz CT molecular complexity index is 939. The van der Waals surface area contributed by atoms with E-state index < -0.39 is 0 Å².